The van der Waals surface area contributed by atoms with Crippen molar-refractivity contribution in [2.45, 2.75) is 18.2 Å². The molecule has 0 atom stereocenters. The van der Waals surface area contributed by atoms with Gasteiger partial charge >= 0.3 is 0 Å². The van der Waals surface area contributed by atoms with E-state index >= 15 is 0 Å². The fraction of sp³-hybridized carbons (Fsp3) is 0.320. The number of ether oxygens (including phenoxy) is 2. The Morgan fingerprint density at radius 2 is 1.79 bits per heavy atom. The standard InChI is InChI=1S/C25H26N2O5S2/c1-17-3-5-18(6-4-17)21-16-33-25-20(9-10-27(21)25)24(28)19-7-8-22(31-2)23(15-19)34(29,30)26-11-13-32-14-12-26/h3-8,15-16H,9-14H2,1-2H3. The molecular weight excluding hydrogens is 472 g/mol. The minimum Gasteiger partial charge on any atom is -0.495 e. The maximum atomic E-state index is 13.5. The van der Waals surface area contributed by atoms with Crippen LogP contribution in [-0.4, -0.2) is 63.4 Å². The third-order valence-electron chi connectivity index (χ3n) is 6.30. The third-order valence-corrected chi connectivity index (χ3v) is 9.25. The highest BCUT2D eigenvalue weighted by molar-refractivity contribution is 8.06. The first-order valence-corrected chi connectivity index (χ1v) is 13.5. The molecule has 1 saturated heterocycles. The molecule has 2 aromatic carbocycles. The van der Waals surface area contributed by atoms with Gasteiger partial charge in [0.15, 0.2) is 5.78 Å². The zero-order valence-corrected chi connectivity index (χ0v) is 20.7. The van der Waals surface area contributed by atoms with Crippen LogP contribution in [0.15, 0.2) is 63.4 Å². The number of Topliss-reactive ketones (excluding diaryl/α,β-unsaturated/α-hetero) is 1. The van der Waals surface area contributed by atoms with Crippen LogP contribution in [-0.2, 0) is 14.8 Å². The zero-order chi connectivity index (χ0) is 23.9. The smallest absolute Gasteiger partial charge is 0.246 e. The number of hydrogen-bond acceptors (Lipinski definition) is 7. The van der Waals surface area contributed by atoms with Gasteiger partial charge in [-0.15, -0.1) is 0 Å². The largest absolute Gasteiger partial charge is 0.495 e. The molecule has 178 valence electrons. The molecule has 0 saturated carbocycles. The van der Waals surface area contributed by atoms with Crippen molar-refractivity contribution >= 4 is 33.3 Å². The predicted molar refractivity (Wildman–Crippen MR) is 132 cm³/mol. The average molecular weight is 499 g/mol. The molecule has 0 aromatic heterocycles. The van der Waals surface area contributed by atoms with Crippen LogP contribution < -0.4 is 4.74 Å². The normalized spacial score (nSPS) is 18.8. The number of thioether (sulfide) groups is 1. The average Bonchev–Trinajstić information content (AvgIpc) is 3.47. The number of carbonyl (C=O) groups is 1. The van der Waals surface area contributed by atoms with E-state index in [4.69, 9.17) is 9.47 Å². The molecule has 2 aromatic rings. The van der Waals surface area contributed by atoms with E-state index in [1.807, 2.05) is 0 Å². The van der Waals surface area contributed by atoms with Crippen molar-refractivity contribution < 1.29 is 22.7 Å². The highest BCUT2D eigenvalue weighted by Gasteiger charge is 2.35. The summed E-state index contributed by atoms with van der Waals surface area (Å²) in [5.41, 5.74) is 4.47. The molecule has 3 heterocycles. The van der Waals surface area contributed by atoms with Gasteiger partial charge in [-0.05, 0) is 37.1 Å². The lowest BCUT2D eigenvalue weighted by atomic mass is 10.0. The summed E-state index contributed by atoms with van der Waals surface area (Å²) < 4.78 is 38.6. The summed E-state index contributed by atoms with van der Waals surface area (Å²) in [6.07, 6.45) is 0.613. The molecule has 0 aliphatic carbocycles. The summed E-state index contributed by atoms with van der Waals surface area (Å²) in [4.78, 5) is 15.7. The highest BCUT2D eigenvalue weighted by atomic mass is 32.2. The van der Waals surface area contributed by atoms with Gasteiger partial charge in [0.05, 0.1) is 31.0 Å². The summed E-state index contributed by atoms with van der Waals surface area (Å²) in [6, 6.07) is 13.0. The number of fused-ring (bicyclic) bond motifs is 1. The maximum absolute atomic E-state index is 13.5. The van der Waals surface area contributed by atoms with Gasteiger partial charge < -0.3 is 14.4 Å². The summed E-state index contributed by atoms with van der Waals surface area (Å²) in [5.74, 6) is 0.0805. The van der Waals surface area contributed by atoms with Crippen molar-refractivity contribution in [3.05, 3.63) is 75.2 Å². The molecule has 5 rings (SSSR count). The number of morpholine rings is 1. The molecule has 3 aliphatic heterocycles. The maximum Gasteiger partial charge on any atom is 0.246 e. The molecule has 0 bridgehead atoms. The summed E-state index contributed by atoms with van der Waals surface area (Å²) in [7, 11) is -2.38. The van der Waals surface area contributed by atoms with E-state index in [1.165, 1.54) is 23.0 Å². The molecule has 0 spiro atoms. The highest BCUT2D eigenvalue weighted by Crippen LogP contribution is 2.46. The zero-order valence-electron chi connectivity index (χ0n) is 19.1. The molecule has 0 unspecified atom stereocenters. The van der Waals surface area contributed by atoms with Gasteiger partial charge in [-0.2, -0.15) is 4.31 Å². The molecule has 9 heteroatoms. The van der Waals surface area contributed by atoms with Crippen LogP contribution in [0, 0.1) is 6.92 Å². The number of methoxy groups -OCH3 is 1. The van der Waals surface area contributed by atoms with Gasteiger partial charge in [-0.25, -0.2) is 8.42 Å². The molecule has 0 radical (unpaired) electrons. The number of nitrogens with zero attached hydrogens (tertiary/aromatic N) is 2. The molecule has 3 aliphatic rings. The van der Waals surface area contributed by atoms with Crippen molar-refractivity contribution in [1.29, 1.82) is 0 Å². The number of carbonyl (C=O) groups excluding carboxylic acids is 1. The number of sulfonamides is 1. The van der Waals surface area contributed by atoms with Crippen LogP contribution in [0.1, 0.15) is 27.9 Å². The van der Waals surface area contributed by atoms with Gasteiger partial charge in [-0.3, -0.25) is 4.79 Å². The second-order valence-corrected chi connectivity index (χ2v) is 11.1. The van der Waals surface area contributed by atoms with Gasteiger partial charge in [0, 0.05) is 36.2 Å². The number of ketones is 1. The van der Waals surface area contributed by atoms with Crippen molar-refractivity contribution in [2.75, 3.05) is 40.0 Å². The van der Waals surface area contributed by atoms with Crippen LogP contribution in [0.3, 0.4) is 0 Å². The van der Waals surface area contributed by atoms with Crippen LogP contribution in [0.25, 0.3) is 5.70 Å². The lowest BCUT2D eigenvalue weighted by Gasteiger charge is -2.26. The van der Waals surface area contributed by atoms with E-state index in [1.54, 1.807) is 23.9 Å². The Balaban J connectivity index is 1.45. The Kier molecular flexibility index (Phi) is 6.28. The lowest BCUT2D eigenvalue weighted by Crippen LogP contribution is -2.40. The van der Waals surface area contributed by atoms with Gasteiger partial charge in [0.2, 0.25) is 10.0 Å². The molecule has 0 N–H and O–H groups in total. The Hall–Kier alpha value is -2.59. The van der Waals surface area contributed by atoms with E-state index in [9.17, 15) is 13.2 Å². The van der Waals surface area contributed by atoms with Crippen LogP contribution >= 0.6 is 11.8 Å². The number of aryl methyl sites for hydroxylation is 1. The summed E-state index contributed by atoms with van der Waals surface area (Å²) >= 11 is 1.55. The van der Waals surface area contributed by atoms with Crippen LogP contribution in [0.4, 0.5) is 0 Å². The fourth-order valence-corrected chi connectivity index (χ4v) is 7.14. The minimum atomic E-state index is -3.82. The molecule has 0 amide bonds. The monoisotopic (exact) mass is 498 g/mol. The number of hydrogen-bond donors (Lipinski definition) is 0. The summed E-state index contributed by atoms with van der Waals surface area (Å²) in [6.45, 7) is 4.02. The lowest BCUT2D eigenvalue weighted by molar-refractivity contribution is 0.0729. The Bertz CT molecular complexity index is 1290. The quantitative estimate of drug-likeness (QED) is 0.560. The first kappa shape index (κ1) is 23.2. The van der Waals surface area contributed by atoms with Crippen molar-refractivity contribution in [3.63, 3.8) is 0 Å². The second-order valence-electron chi connectivity index (χ2n) is 8.38. The molecular formula is C25H26N2O5S2. The Labute approximate surface area is 204 Å². The molecule has 7 nitrogen and oxygen atoms in total. The second kappa shape index (κ2) is 9.22. The minimum absolute atomic E-state index is 0.0146. The summed E-state index contributed by atoms with van der Waals surface area (Å²) in [5, 5.41) is 3.00. The topological polar surface area (TPSA) is 76.2 Å². The first-order chi connectivity index (χ1) is 16.4. The number of rotatable bonds is 6. The SMILES string of the molecule is COc1ccc(C(=O)C2=C3SC=C(c4ccc(C)cc4)N3CC2)cc1S(=O)(=O)N1CCOCC1. The van der Waals surface area contributed by atoms with E-state index in [0.717, 1.165) is 22.8 Å². The van der Waals surface area contributed by atoms with Gasteiger partial charge in [0.1, 0.15) is 10.6 Å². The number of benzene rings is 2. The molecule has 1 fully saturated rings. The van der Waals surface area contributed by atoms with E-state index < -0.39 is 10.0 Å². The Morgan fingerprint density at radius 1 is 1.06 bits per heavy atom. The van der Waals surface area contributed by atoms with E-state index in [2.05, 4.69) is 41.5 Å². The van der Waals surface area contributed by atoms with Crippen LogP contribution in [0.2, 0.25) is 0 Å². The third kappa shape index (κ3) is 4.07. The van der Waals surface area contributed by atoms with Gasteiger partial charge in [-0.1, -0.05) is 41.6 Å². The predicted octanol–water partition coefficient (Wildman–Crippen LogP) is 3.87. The van der Waals surface area contributed by atoms with Crippen molar-refractivity contribution in [1.82, 2.24) is 9.21 Å². The van der Waals surface area contributed by atoms with Crippen molar-refractivity contribution in [2.24, 2.45) is 0 Å². The van der Waals surface area contributed by atoms with E-state index in [0.29, 0.717) is 30.8 Å². The first-order valence-electron chi connectivity index (χ1n) is 11.2. The van der Waals surface area contributed by atoms with Crippen molar-refractivity contribution in [3.8, 4) is 5.75 Å². The van der Waals surface area contributed by atoms with Gasteiger partial charge in [0.25, 0.3) is 0 Å². The molecule has 34 heavy (non-hydrogen) atoms. The fourth-order valence-electron chi connectivity index (χ4n) is 4.41. The Morgan fingerprint density at radius 3 is 2.50 bits per heavy atom. The van der Waals surface area contributed by atoms with E-state index in [-0.39, 0.29) is 29.5 Å². The van der Waals surface area contributed by atoms with Crippen LogP contribution in [0.5, 0.6) is 5.75 Å².